The van der Waals surface area contributed by atoms with Gasteiger partial charge in [-0.25, -0.2) is 4.79 Å². The minimum atomic E-state index is -0.310. The van der Waals surface area contributed by atoms with Crippen molar-refractivity contribution < 1.29 is 9.59 Å². The molecule has 1 aliphatic heterocycles. The highest BCUT2D eigenvalue weighted by atomic mass is 16.2. The Balaban J connectivity index is 1.49. The number of carbonyl (C=O) groups is 2. The summed E-state index contributed by atoms with van der Waals surface area (Å²) in [6.45, 7) is 7.86. The van der Waals surface area contributed by atoms with E-state index in [2.05, 4.69) is 16.0 Å². The molecule has 5 rings (SSSR count). The molecule has 6 nitrogen and oxygen atoms in total. The van der Waals surface area contributed by atoms with Crippen LogP contribution in [0.3, 0.4) is 0 Å². The van der Waals surface area contributed by atoms with Crippen LogP contribution in [-0.4, -0.2) is 34.0 Å². The van der Waals surface area contributed by atoms with Crippen molar-refractivity contribution in [3.63, 3.8) is 0 Å². The maximum absolute atomic E-state index is 14.1. The first-order chi connectivity index (χ1) is 17.8. The SMILES string of the molecule is Cc1ccc(NC(=O)N(CC(=O)N2c3ccccc3-n3cccc3C2c2ccccc2)C(C)C)cc1C. The van der Waals surface area contributed by atoms with Gasteiger partial charge in [-0.15, -0.1) is 0 Å². The van der Waals surface area contributed by atoms with E-state index < -0.39 is 0 Å². The molecule has 1 aromatic heterocycles. The summed E-state index contributed by atoms with van der Waals surface area (Å²) in [7, 11) is 0. The molecule has 37 heavy (non-hydrogen) atoms. The number of aromatic nitrogens is 1. The van der Waals surface area contributed by atoms with Gasteiger partial charge in [0, 0.05) is 17.9 Å². The van der Waals surface area contributed by atoms with E-state index in [1.807, 2.05) is 118 Å². The van der Waals surface area contributed by atoms with Gasteiger partial charge in [0.1, 0.15) is 12.6 Å². The number of hydrogen-bond donors (Lipinski definition) is 1. The summed E-state index contributed by atoms with van der Waals surface area (Å²) in [4.78, 5) is 30.9. The molecule has 6 heteroatoms. The minimum absolute atomic E-state index is 0.0489. The lowest BCUT2D eigenvalue weighted by atomic mass is 9.97. The molecule has 0 fully saturated rings. The van der Waals surface area contributed by atoms with E-state index in [-0.39, 0.29) is 30.6 Å². The van der Waals surface area contributed by atoms with Crippen LogP contribution >= 0.6 is 0 Å². The lowest BCUT2D eigenvalue weighted by Crippen LogP contribution is -2.49. The van der Waals surface area contributed by atoms with Gasteiger partial charge in [0.15, 0.2) is 0 Å². The average molecular weight is 493 g/mol. The highest BCUT2D eigenvalue weighted by Gasteiger charge is 2.37. The van der Waals surface area contributed by atoms with E-state index in [0.717, 1.165) is 39.4 Å². The Morgan fingerprint density at radius 2 is 1.57 bits per heavy atom. The van der Waals surface area contributed by atoms with E-state index >= 15 is 0 Å². The van der Waals surface area contributed by atoms with Crippen molar-refractivity contribution in [2.45, 2.75) is 39.8 Å². The van der Waals surface area contributed by atoms with Gasteiger partial charge in [0.05, 0.1) is 17.1 Å². The normalized spacial score (nSPS) is 14.2. The fraction of sp³-hybridized carbons (Fsp3) is 0.226. The molecule has 3 aromatic carbocycles. The second kappa shape index (κ2) is 9.97. The van der Waals surface area contributed by atoms with Gasteiger partial charge in [-0.1, -0.05) is 48.5 Å². The second-order valence-electron chi connectivity index (χ2n) is 9.82. The van der Waals surface area contributed by atoms with E-state index in [1.54, 1.807) is 4.90 Å². The Morgan fingerprint density at radius 3 is 2.27 bits per heavy atom. The first-order valence-corrected chi connectivity index (χ1v) is 12.6. The van der Waals surface area contributed by atoms with Gasteiger partial charge in [0.25, 0.3) is 0 Å². The number of hydrogen-bond acceptors (Lipinski definition) is 2. The number of carbonyl (C=O) groups excluding carboxylic acids is 2. The monoisotopic (exact) mass is 492 g/mol. The van der Waals surface area contributed by atoms with Crippen molar-refractivity contribution >= 4 is 23.3 Å². The van der Waals surface area contributed by atoms with Crippen molar-refractivity contribution in [2.24, 2.45) is 0 Å². The number of benzene rings is 3. The number of nitrogens with one attached hydrogen (secondary N) is 1. The van der Waals surface area contributed by atoms with E-state index in [1.165, 1.54) is 0 Å². The second-order valence-corrected chi connectivity index (χ2v) is 9.82. The summed E-state index contributed by atoms with van der Waals surface area (Å²) in [5.41, 5.74) is 6.77. The summed E-state index contributed by atoms with van der Waals surface area (Å²) in [5, 5.41) is 2.99. The third kappa shape index (κ3) is 4.62. The largest absolute Gasteiger partial charge is 0.322 e. The van der Waals surface area contributed by atoms with Crippen molar-refractivity contribution in [2.75, 3.05) is 16.8 Å². The Bertz CT molecular complexity index is 1440. The third-order valence-corrected chi connectivity index (χ3v) is 7.05. The maximum atomic E-state index is 14.1. The molecule has 1 aliphatic rings. The molecule has 1 N–H and O–H groups in total. The Hall–Kier alpha value is -4.32. The van der Waals surface area contributed by atoms with Crippen LogP contribution in [0, 0.1) is 13.8 Å². The number of fused-ring (bicyclic) bond motifs is 3. The van der Waals surface area contributed by atoms with Crippen LogP contribution in [-0.2, 0) is 4.79 Å². The highest BCUT2D eigenvalue weighted by Crippen LogP contribution is 2.42. The number of para-hydroxylation sites is 2. The zero-order valence-corrected chi connectivity index (χ0v) is 21.7. The standard InChI is InChI=1S/C31H32N4O2/c1-21(2)34(31(37)32-25-17-16-22(3)23(4)19-25)20-29(36)35-27-14-9-8-13-26(27)33-18-10-15-28(33)30(35)24-11-6-5-7-12-24/h5-19,21,30H,20H2,1-4H3,(H,32,37). The molecule has 3 amide bonds. The summed E-state index contributed by atoms with van der Waals surface area (Å²) in [5.74, 6) is -0.141. The fourth-order valence-corrected chi connectivity index (χ4v) is 4.94. The molecule has 0 saturated heterocycles. The van der Waals surface area contributed by atoms with Crippen molar-refractivity contribution in [3.05, 3.63) is 114 Å². The Labute approximate surface area is 218 Å². The summed E-state index contributed by atoms with van der Waals surface area (Å²) < 4.78 is 2.14. The minimum Gasteiger partial charge on any atom is -0.316 e. The Morgan fingerprint density at radius 1 is 0.865 bits per heavy atom. The van der Waals surface area contributed by atoms with Gasteiger partial charge in [-0.3, -0.25) is 9.69 Å². The molecule has 4 aromatic rings. The molecule has 0 radical (unpaired) electrons. The number of rotatable bonds is 5. The van der Waals surface area contributed by atoms with Gasteiger partial charge in [0.2, 0.25) is 5.91 Å². The van der Waals surface area contributed by atoms with Crippen LogP contribution < -0.4 is 10.2 Å². The van der Waals surface area contributed by atoms with Crippen LogP contribution in [0.4, 0.5) is 16.2 Å². The van der Waals surface area contributed by atoms with Gasteiger partial charge in [-0.2, -0.15) is 0 Å². The first kappa shape index (κ1) is 24.4. The summed E-state index contributed by atoms with van der Waals surface area (Å²) >= 11 is 0. The third-order valence-electron chi connectivity index (χ3n) is 7.05. The quantitative estimate of drug-likeness (QED) is 0.347. The smallest absolute Gasteiger partial charge is 0.316 e. The summed E-state index contributed by atoms with van der Waals surface area (Å²) in [6, 6.07) is 27.1. The lowest BCUT2D eigenvalue weighted by molar-refractivity contribution is -0.119. The fourth-order valence-electron chi connectivity index (χ4n) is 4.94. The molecule has 0 saturated carbocycles. The van der Waals surface area contributed by atoms with Gasteiger partial charge < -0.3 is 14.8 Å². The van der Waals surface area contributed by atoms with Crippen molar-refractivity contribution in [1.29, 1.82) is 0 Å². The van der Waals surface area contributed by atoms with E-state index in [0.29, 0.717) is 0 Å². The van der Waals surface area contributed by atoms with Crippen LogP contribution in [0.25, 0.3) is 5.69 Å². The molecule has 0 spiro atoms. The van der Waals surface area contributed by atoms with Crippen LogP contribution in [0.1, 0.15) is 42.3 Å². The zero-order chi connectivity index (χ0) is 26.1. The number of aryl methyl sites for hydroxylation is 2. The number of anilines is 2. The molecule has 0 bridgehead atoms. The lowest BCUT2D eigenvalue weighted by Gasteiger charge is -2.40. The highest BCUT2D eigenvalue weighted by molar-refractivity contribution is 6.01. The molecule has 1 atom stereocenters. The molecule has 188 valence electrons. The molecular formula is C31H32N4O2. The molecule has 0 aliphatic carbocycles. The average Bonchev–Trinajstić information content (AvgIpc) is 3.39. The number of nitrogens with zero attached hydrogens (tertiary/aromatic N) is 3. The maximum Gasteiger partial charge on any atom is 0.322 e. The molecular weight excluding hydrogens is 460 g/mol. The predicted molar refractivity (Wildman–Crippen MR) is 148 cm³/mol. The predicted octanol–water partition coefficient (Wildman–Crippen LogP) is 6.47. The number of urea groups is 1. The zero-order valence-electron chi connectivity index (χ0n) is 21.7. The van der Waals surface area contributed by atoms with Crippen LogP contribution in [0.5, 0.6) is 0 Å². The summed E-state index contributed by atoms with van der Waals surface area (Å²) in [6.07, 6.45) is 2.03. The van der Waals surface area contributed by atoms with Gasteiger partial charge in [-0.05, 0) is 80.8 Å². The first-order valence-electron chi connectivity index (χ1n) is 12.6. The van der Waals surface area contributed by atoms with Crippen LogP contribution in [0.2, 0.25) is 0 Å². The van der Waals surface area contributed by atoms with Crippen molar-refractivity contribution in [1.82, 2.24) is 9.47 Å². The van der Waals surface area contributed by atoms with Crippen LogP contribution in [0.15, 0.2) is 91.1 Å². The van der Waals surface area contributed by atoms with Gasteiger partial charge >= 0.3 is 6.03 Å². The Kier molecular flexibility index (Phi) is 6.57. The van der Waals surface area contributed by atoms with E-state index in [4.69, 9.17) is 0 Å². The van der Waals surface area contributed by atoms with E-state index in [9.17, 15) is 9.59 Å². The molecule has 1 unspecified atom stereocenters. The molecule has 2 heterocycles. The van der Waals surface area contributed by atoms with Crippen molar-refractivity contribution in [3.8, 4) is 5.69 Å². The number of amides is 3. The topological polar surface area (TPSA) is 57.6 Å².